The number of hydrogen-bond donors (Lipinski definition) is 2. The molecule has 0 spiro atoms. The second kappa shape index (κ2) is 3.52. The second-order valence-electron chi connectivity index (χ2n) is 3.68. The van der Waals surface area contributed by atoms with Crippen molar-refractivity contribution in [1.82, 2.24) is 0 Å². The molecule has 2 nitrogen and oxygen atoms in total. The lowest BCUT2D eigenvalue weighted by atomic mass is 9.98. The van der Waals surface area contributed by atoms with Gasteiger partial charge in [0.1, 0.15) is 17.3 Å². The average Bonchev–Trinajstić information content (AvgIpc) is 2.20. The SMILES string of the molecule is C=Cc1c(F)cc(O)c2cc(O)cc(C)c12. The predicted molar refractivity (Wildman–Crippen MR) is 62.1 cm³/mol. The molecule has 0 saturated carbocycles. The summed E-state index contributed by atoms with van der Waals surface area (Å²) < 4.78 is 13.6. The topological polar surface area (TPSA) is 40.5 Å². The fourth-order valence-corrected chi connectivity index (χ4v) is 1.92. The van der Waals surface area contributed by atoms with E-state index >= 15 is 0 Å². The zero-order chi connectivity index (χ0) is 11.9. The van der Waals surface area contributed by atoms with Crippen molar-refractivity contribution in [3.05, 3.63) is 41.7 Å². The molecule has 0 heterocycles. The standard InChI is InChI=1S/C13H11FO2/c1-3-9-11(14)6-12(16)10-5-8(15)4-7(2)13(9)10/h3-6,15-16H,1H2,2H3. The van der Waals surface area contributed by atoms with Crippen LogP contribution in [-0.4, -0.2) is 10.2 Å². The first-order valence-corrected chi connectivity index (χ1v) is 4.82. The molecule has 82 valence electrons. The van der Waals surface area contributed by atoms with Crippen molar-refractivity contribution in [1.29, 1.82) is 0 Å². The van der Waals surface area contributed by atoms with Gasteiger partial charge in [0.25, 0.3) is 0 Å². The molecular weight excluding hydrogens is 207 g/mol. The van der Waals surface area contributed by atoms with Crippen molar-refractivity contribution in [2.45, 2.75) is 6.92 Å². The summed E-state index contributed by atoms with van der Waals surface area (Å²) in [6, 6.07) is 3.95. The average molecular weight is 218 g/mol. The van der Waals surface area contributed by atoms with Gasteiger partial charge in [-0.25, -0.2) is 4.39 Å². The monoisotopic (exact) mass is 218 g/mol. The molecule has 0 fully saturated rings. The van der Waals surface area contributed by atoms with Gasteiger partial charge < -0.3 is 10.2 Å². The molecule has 0 aliphatic carbocycles. The molecule has 2 aromatic rings. The Balaban J connectivity index is 3.05. The van der Waals surface area contributed by atoms with Gasteiger partial charge >= 0.3 is 0 Å². The van der Waals surface area contributed by atoms with E-state index < -0.39 is 5.82 Å². The van der Waals surface area contributed by atoms with Gasteiger partial charge in [-0.15, -0.1) is 0 Å². The van der Waals surface area contributed by atoms with Crippen LogP contribution < -0.4 is 0 Å². The molecular formula is C13H11FO2. The minimum atomic E-state index is -0.520. The molecule has 2 aromatic carbocycles. The fraction of sp³-hybridized carbons (Fsp3) is 0.0769. The van der Waals surface area contributed by atoms with E-state index in [9.17, 15) is 14.6 Å². The van der Waals surface area contributed by atoms with Crippen LogP contribution >= 0.6 is 0 Å². The molecule has 0 saturated heterocycles. The van der Waals surface area contributed by atoms with Gasteiger partial charge in [-0.05, 0) is 30.0 Å². The molecule has 2 rings (SSSR count). The maximum atomic E-state index is 13.6. The van der Waals surface area contributed by atoms with Gasteiger partial charge in [-0.2, -0.15) is 0 Å². The van der Waals surface area contributed by atoms with Gasteiger partial charge in [-0.1, -0.05) is 12.7 Å². The lowest BCUT2D eigenvalue weighted by Gasteiger charge is -2.10. The Morgan fingerprint density at radius 1 is 1.25 bits per heavy atom. The number of hydrogen-bond acceptors (Lipinski definition) is 2. The van der Waals surface area contributed by atoms with E-state index in [-0.39, 0.29) is 11.5 Å². The van der Waals surface area contributed by atoms with Gasteiger partial charge in [0.2, 0.25) is 0 Å². The Labute approximate surface area is 92.3 Å². The summed E-state index contributed by atoms with van der Waals surface area (Å²) >= 11 is 0. The summed E-state index contributed by atoms with van der Waals surface area (Å²) in [4.78, 5) is 0. The van der Waals surface area contributed by atoms with E-state index in [4.69, 9.17) is 0 Å². The lowest BCUT2D eigenvalue weighted by Crippen LogP contribution is -1.89. The van der Waals surface area contributed by atoms with Crippen LogP contribution in [0.15, 0.2) is 24.8 Å². The number of aromatic hydroxyl groups is 2. The number of aryl methyl sites for hydroxylation is 1. The first-order valence-electron chi connectivity index (χ1n) is 4.82. The number of halogens is 1. The van der Waals surface area contributed by atoms with Crippen molar-refractivity contribution in [2.75, 3.05) is 0 Å². The smallest absolute Gasteiger partial charge is 0.134 e. The van der Waals surface area contributed by atoms with Gasteiger partial charge in [-0.3, -0.25) is 0 Å². The van der Waals surface area contributed by atoms with Crippen LogP contribution in [0.3, 0.4) is 0 Å². The number of benzene rings is 2. The van der Waals surface area contributed by atoms with Crippen molar-refractivity contribution in [3.8, 4) is 11.5 Å². The van der Waals surface area contributed by atoms with E-state index in [1.807, 2.05) is 0 Å². The Kier molecular flexibility index (Phi) is 2.31. The highest BCUT2D eigenvalue weighted by molar-refractivity contribution is 5.98. The predicted octanol–water partition coefficient (Wildman–Crippen LogP) is 3.34. The molecule has 0 aliphatic heterocycles. The second-order valence-corrected chi connectivity index (χ2v) is 3.68. The fourth-order valence-electron chi connectivity index (χ4n) is 1.92. The Hall–Kier alpha value is -2.03. The van der Waals surface area contributed by atoms with Crippen LogP contribution in [0.1, 0.15) is 11.1 Å². The van der Waals surface area contributed by atoms with Gasteiger partial charge in [0.15, 0.2) is 0 Å². The van der Waals surface area contributed by atoms with E-state index in [0.717, 1.165) is 6.07 Å². The molecule has 0 aromatic heterocycles. The molecule has 0 aliphatic rings. The van der Waals surface area contributed by atoms with Crippen molar-refractivity contribution >= 4 is 16.8 Å². The van der Waals surface area contributed by atoms with Crippen LogP contribution in [0.2, 0.25) is 0 Å². The van der Waals surface area contributed by atoms with Crippen LogP contribution in [0.5, 0.6) is 11.5 Å². The van der Waals surface area contributed by atoms with E-state index in [0.29, 0.717) is 21.9 Å². The highest BCUT2D eigenvalue weighted by Gasteiger charge is 2.12. The van der Waals surface area contributed by atoms with Gasteiger partial charge in [0, 0.05) is 17.0 Å². The van der Waals surface area contributed by atoms with E-state index in [1.54, 1.807) is 6.92 Å². The zero-order valence-corrected chi connectivity index (χ0v) is 8.79. The number of rotatable bonds is 1. The normalized spacial score (nSPS) is 10.6. The van der Waals surface area contributed by atoms with Crippen LogP contribution in [-0.2, 0) is 0 Å². The molecule has 0 atom stereocenters. The van der Waals surface area contributed by atoms with Crippen LogP contribution in [0.25, 0.3) is 16.8 Å². The Morgan fingerprint density at radius 2 is 1.94 bits per heavy atom. The third-order valence-electron chi connectivity index (χ3n) is 2.59. The summed E-state index contributed by atoms with van der Waals surface area (Å²) in [6.07, 6.45) is 1.40. The summed E-state index contributed by atoms with van der Waals surface area (Å²) in [5.74, 6) is -0.659. The molecule has 0 unspecified atom stereocenters. The third-order valence-corrected chi connectivity index (χ3v) is 2.59. The lowest BCUT2D eigenvalue weighted by molar-refractivity contribution is 0.468. The highest BCUT2D eigenvalue weighted by Crippen LogP contribution is 2.35. The molecule has 16 heavy (non-hydrogen) atoms. The highest BCUT2D eigenvalue weighted by atomic mass is 19.1. The number of phenolic OH excluding ortho intramolecular Hbond substituents is 2. The van der Waals surface area contributed by atoms with Crippen LogP contribution in [0.4, 0.5) is 4.39 Å². The Morgan fingerprint density at radius 3 is 2.56 bits per heavy atom. The first-order chi connectivity index (χ1) is 7.54. The van der Waals surface area contributed by atoms with E-state index in [2.05, 4.69) is 6.58 Å². The number of fused-ring (bicyclic) bond motifs is 1. The summed E-state index contributed by atoms with van der Waals surface area (Å²) in [5.41, 5.74) is 1.03. The maximum absolute atomic E-state index is 13.6. The maximum Gasteiger partial charge on any atom is 0.134 e. The van der Waals surface area contributed by atoms with Crippen LogP contribution in [0, 0.1) is 12.7 Å². The summed E-state index contributed by atoms with van der Waals surface area (Å²) in [5, 5.41) is 20.1. The van der Waals surface area contributed by atoms with Crippen molar-refractivity contribution in [2.24, 2.45) is 0 Å². The molecule has 2 N–H and O–H groups in total. The molecule has 0 bridgehead atoms. The third kappa shape index (κ3) is 1.41. The van der Waals surface area contributed by atoms with Crippen molar-refractivity contribution < 1.29 is 14.6 Å². The quantitative estimate of drug-likeness (QED) is 0.770. The minimum Gasteiger partial charge on any atom is -0.508 e. The minimum absolute atomic E-state index is 0.0434. The first kappa shape index (κ1) is 10.5. The van der Waals surface area contributed by atoms with Crippen molar-refractivity contribution in [3.63, 3.8) is 0 Å². The van der Waals surface area contributed by atoms with E-state index in [1.165, 1.54) is 18.2 Å². The summed E-state index contributed by atoms with van der Waals surface area (Å²) in [7, 11) is 0. The zero-order valence-electron chi connectivity index (χ0n) is 8.79. The molecule has 0 amide bonds. The number of phenols is 2. The summed E-state index contributed by atoms with van der Waals surface area (Å²) in [6.45, 7) is 5.29. The largest absolute Gasteiger partial charge is 0.508 e. The Bertz CT molecular complexity index is 588. The van der Waals surface area contributed by atoms with Gasteiger partial charge in [0.05, 0.1) is 0 Å². The molecule has 0 radical (unpaired) electrons. The molecule has 3 heteroatoms.